The van der Waals surface area contributed by atoms with Gasteiger partial charge in [0.15, 0.2) is 0 Å². The maximum Gasteiger partial charge on any atom is 0.243 e. The third-order valence-electron chi connectivity index (χ3n) is 2.39. The summed E-state index contributed by atoms with van der Waals surface area (Å²) in [5, 5.41) is 0.121. The van der Waals surface area contributed by atoms with Crippen molar-refractivity contribution in [1.29, 1.82) is 0 Å². The topological polar surface area (TPSA) is 72.2 Å². The van der Waals surface area contributed by atoms with E-state index in [2.05, 4.69) is 4.72 Å². The van der Waals surface area contributed by atoms with Crippen molar-refractivity contribution in [3.05, 3.63) is 24.3 Å². The van der Waals surface area contributed by atoms with E-state index in [9.17, 15) is 9.59 Å². The Morgan fingerprint density at radius 2 is 2.14 bits per heavy atom. The Morgan fingerprint density at radius 3 is 2.86 bits per heavy atom. The van der Waals surface area contributed by atoms with Gasteiger partial charge in [0.1, 0.15) is 5.92 Å². The fourth-order valence-electron chi connectivity index (χ4n) is 1.71. The summed E-state index contributed by atoms with van der Waals surface area (Å²) in [6.45, 7) is 0. The van der Waals surface area contributed by atoms with E-state index < -0.39 is 11.8 Å². The van der Waals surface area contributed by atoms with Gasteiger partial charge in [0.2, 0.25) is 11.8 Å². The normalized spacial score (nSPS) is 34.9. The Balaban J connectivity index is 2.28. The van der Waals surface area contributed by atoms with Crippen LogP contribution in [0.4, 0.5) is 0 Å². The molecule has 5 heteroatoms. The number of fused-ring (bicyclic) bond motifs is 1. The molecule has 1 fully saturated rings. The standard InChI is InChI=1S/C9H10N2O2S/c10-8(12)7-5-3-1-2-4-6(5)14-11-9(7)13/h1-7H,(H2,10,12)(H,11,13). The number of nitrogens with two attached hydrogens (primary N) is 1. The number of hydrogen-bond donors (Lipinski definition) is 2. The number of allylic oxidation sites excluding steroid dienone is 3. The maximum absolute atomic E-state index is 11.4. The zero-order valence-electron chi connectivity index (χ0n) is 7.34. The molecule has 2 rings (SSSR count). The third kappa shape index (κ3) is 1.43. The van der Waals surface area contributed by atoms with Crippen molar-refractivity contribution in [2.45, 2.75) is 5.25 Å². The first-order chi connectivity index (χ1) is 6.70. The zero-order chi connectivity index (χ0) is 10.1. The van der Waals surface area contributed by atoms with E-state index in [0.29, 0.717) is 0 Å². The van der Waals surface area contributed by atoms with Gasteiger partial charge in [-0.1, -0.05) is 24.3 Å². The molecule has 14 heavy (non-hydrogen) atoms. The fourth-order valence-corrected chi connectivity index (χ4v) is 2.66. The van der Waals surface area contributed by atoms with E-state index in [1.54, 1.807) is 0 Å². The highest BCUT2D eigenvalue weighted by atomic mass is 32.2. The highest BCUT2D eigenvalue weighted by Crippen LogP contribution is 2.33. The Morgan fingerprint density at radius 1 is 1.43 bits per heavy atom. The SMILES string of the molecule is NC(=O)C1C(=O)NSC2C=CC=CC21. The molecule has 1 heterocycles. The van der Waals surface area contributed by atoms with Gasteiger partial charge in [0.25, 0.3) is 0 Å². The van der Waals surface area contributed by atoms with Crippen LogP contribution in [0.2, 0.25) is 0 Å². The van der Waals surface area contributed by atoms with Crippen molar-refractivity contribution < 1.29 is 9.59 Å². The van der Waals surface area contributed by atoms with Crippen LogP contribution < -0.4 is 10.5 Å². The minimum atomic E-state index is -0.734. The van der Waals surface area contributed by atoms with E-state index in [0.717, 1.165) is 0 Å². The van der Waals surface area contributed by atoms with Crippen molar-refractivity contribution in [3.63, 3.8) is 0 Å². The molecular formula is C9H10N2O2S. The minimum Gasteiger partial charge on any atom is -0.369 e. The van der Waals surface area contributed by atoms with Gasteiger partial charge in [0.05, 0.1) is 5.25 Å². The van der Waals surface area contributed by atoms with Crippen LogP contribution in [0.15, 0.2) is 24.3 Å². The molecule has 74 valence electrons. The molecule has 0 aromatic heterocycles. The van der Waals surface area contributed by atoms with Crippen molar-refractivity contribution in [1.82, 2.24) is 4.72 Å². The summed E-state index contributed by atoms with van der Waals surface area (Å²) in [7, 11) is 0. The molecule has 2 amide bonds. The molecule has 2 aliphatic rings. The first-order valence-corrected chi connectivity index (χ1v) is 5.18. The molecule has 3 atom stereocenters. The number of amides is 2. The van der Waals surface area contributed by atoms with Crippen LogP contribution in [0.3, 0.4) is 0 Å². The predicted molar refractivity (Wildman–Crippen MR) is 54.0 cm³/mol. The highest BCUT2D eigenvalue weighted by molar-refractivity contribution is 7.98. The number of nitrogens with one attached hydrogen (secondary N) is 1. The second kappa shape index (κ2) is 3.49. The number of carbonyl (C=O) groups excluding carboxylic acids is 2. The summed E-state index contributed by atoms with van der Waals surface area (Å²) in [4.78, 5) is 22.5. The smallest absolute Gasteiger partial charge is 0.243 e. The second-order valence-corrected chi connectivity index (χ2v) is 4.26. The molecule has 0 radical (unpaired) electrons. The molecule has 0 aromatic rings. The van der Waals surface area contributed by atoms with Crippen molar-refractivity contribution in [2.75, 3.05) is 0 Å². The van der Waals surface area contributed by atoms with E-state index in [1.807, 2.05) is 24.3 Å². The number of rotatable bonds is 1. The molecule has 4 nitrogen and oxygen atoms in total. The van der Waals surface area contributed by atoms with Gasteiger partial charge in [-0.3, -0.25) is 14.3 Å². The second-order valence-electron chi connectivity index (χ2n) is 3.28. The number of hydrogen-bond acceptors (Lipinski definition) is 3. The van der Waals surface area contributed by atoms with Crippen LogP contribution in [0.1, 0.15) is 0 Å². The lowest BCUT2D eigenvalue weighted by atomic mass is 9.85. The van der Waals surface area contributed by atoms with E-state index in [-0.39, 0.29) is 17.1 Å². The van der Waals surface area contributed by atoms with Gasteiger partial charge < -0.3 is 5.73 Å². The minimum absolute atomic E-state index is 0.101. The van der Waals surface area contributed by atoms with Crippen LogP contribution in [-0.2, 0) is 9.59 Å². The van der Waals surface area contributed by atoms with Gasteiger partial charge in [0, 0.05) is 5.92 Å². The lowest BCUT2D eigenvalue weighted by molar-refractivity contribution is -0.134. The van der Waals surface area contributed by atoms with Crippen LogP contribution in [0.25, 0.3) is 0 Å². The fraction of sp³-hybridized carbons (Fsp3) is 0.333. The maximum atomic E-state index is 11.4. The lowest BCUT2D eigenvalue weighted by Gasteiger charge is -2.33. The van der Waals surface area contributed by atoms with Crippen LogP contribution >= 0.6 is 11.9 Å². The molecule has 3 N–H and O–H groups in total. The lowest BCUT2D eigenvalue weighted by Crippen LogP contribution is -2.48. The quantitative estimate of drug-likeness (QED) is 0.472. The van der Waals surface area contributed by atoms with E-state index in [1.165, 1.54) is 11.9 Å². The highest BCUT2D eigenvalue weighted by Gasteiger charge is 2.41. The molecule has 3 unspecified atom stereocenters. The molecule has 0 bridgehead atoms. The summed E-state index contributed by atoms with van der Waals surface area (Å²) < 4.78 is 2.60. The van der Waals surface area contributed by atoms with Crippen LogP contribution in [0.5, 0.6) is 0 Å². The predicted octanol–water partition coefficient (Wildman–Crippen LogP) is -0.0233. The number of primary amides is 1. The molecule has 1 aliphatic carbocycles. The Bertz CT molecular complexity index is 338. The average molecular weight is 210 g/mol. The van der Waals surface area contributed by atoms with Gasteiger partial charge in [-0.2, -0.15) is 0 Å². The van der Waals surface area contributed by atoms with Crippen LogP contribution in [0, 0.1) is 11.8 Å². The zero-order valence-corrected chi connectivity index (χ0v) is 8.16. The Labute approximate surface area is 85.7 Å². The largest absolute Gasteiger partial charge is 0.369 e. The molecule has 1 aliphatic heterocycles. The Kier molecular flexibility index (Phi) is 2.33. The van der Waals surface area contributed by atoms with E-state index in [4.69, 9.17) is 5.73 Å². The molecular weight excluding hydrogens is 200 g/mol. The summed E-state index contributed by atoms with van der Waals surface area (Å²) >= 11 is 1.33. The van der Waals surface area contributed by atoms with Gasteiger partial charge in [-0.25, -0.2) is 0 Å². The van der Waals surface area contributed by atoms with E-state index >= 15 is 0 Å². The number of carbonyl (C=O) groups is 2. The summed E-state index contributed by atoms with van der Waals surface area (Å²) in [5.74, 6) is -1.68. The average Bonchev–Trinajstić information content (AvgIpc) is 2.17. The van der Waals surface area contributed by atoms with Crippen molar-refractivity contribution in [3.8, 4) is 0 Å². The first-order valence-electron chi connectivity index (χ1n) is 4.30. The summed E-state index contributed by atoms with van der Waals surface area (Å²) in [5.41, 5.74) is 5.20. The molecule has 0 aromatic carbocycles. The summed E-state index contributed by atoms with van der Waals surface area (Å²) in [6, 6.07) is 0. The summed E-state index contributed by atoms with van der Waals surface area (Å²) in [6.07, 6.45) is 7.58. The van der Waals surface area contributed by atoms with Crippen LogP contribution in [-0.4, -0.2) is 17.1 Å². The third-order valence-corrected chi connectivity index (χ3v) is 3.46. The molecule has 1 saturated heterocycles. The Hall–Kier alpha value is -1.23. The molecule has 0 saturated carbocycles. The monoisotopic (exact) mass is 210 g/mol. The molecule has 0 spiro atoms. The first kappa shape index (κ1) is 9.33. The van der Waals surface area contributed by atoms with Gasteiger partial charge in [-0.05, 0) is 11.9 Å². The van der Waals surface area contributed by atoms with Crippen molar-refractivity contribution in [2.24, 2.45) is 17.6 Å². The van der Waals surface area contributed by atoms with Crippen molar-refractivity contribution >= 4 is 23.8 Å². The van der Waals surface area contributed by atoms with Gasteiger partial charge >= 0.3 is 0 Å². The van der Waals surface area contributed by atoms with Gasteiger partial charge in [-0.15, -0.1) is 0 Å².